The molecule has 2 aromatic rings. The van der Waals surface area contributed by atoms with Crippen molar-refractivity contribution in [3.05, 3.63) is 64.7 Å². The molecule has 0 spiro atoms. The van der Waals surface area contributed by atoms with E-state index in [1.807, 2.05) is 20.8 Å². The second kappa shape index (κ2) is 8.01. The number of rotatable bonds is 6. The second-order valence-electron chi connectivity index (χ2n) is 6.66. The van der Waals surface area contributed by atoms with Gasteiger partial charge in [0, 0.05) is 7.05 Å². The Balaban J connectivity index is 2.08. The monoisotopic (exact) mass is 374 g/mol. The number of hydrogen-bond donors (Lipinski definition) is 1. The van der Waals surface area contributed by atoms with E-state index in [-0.39, 0.29) is 23.4 Å². The maximum Gasteiger partial charge on any atom is 0.243 e. The molecule has 5 nitrogen and oxygen atoms in total. The van der Waals surface area contributed by atoms with Gasteiger partial charge in [-0.2, -0.15) is 4.31 Å². The van der Waals surface area contributed by atoms with Crippen molar-refractivity contribution in [1.82, 2.24) is 9.62 Å². The molecule has 26 heavy (non-hydrogen) atoms. The Morgan fingerprint density at radius 2 is 1.62 bits per heavy atom. The van der Waals surface area contributed by atoms with Gasteiger partial charge in [-0.15, -0.1) is 0 Å². The van der Waals surface area contributed by atoms with Gasteiger partial charge in [0.1, 0.15) is 0 Å². The van der Waals surface area contributed by atoms with Gasteiger partial charge in [-0.25, -0.2) is 8.42 Å². The molecule has 0 aliphatic carbocycles. The van der Waals surface area contributed by atoms with Crippen LogP contribution in [0.15, 0.2) is 47.4 Å². The maximum atomic E-state index is 12.5. The lowest BCUT2D eigenvalue weighted by Crippen LogP contribution is -2.39. The lowest BCUT2D eigenvalue weighted by Gasteiger charge is -2.21. The molecule has 0 saturated heterocycles. The van der Waals surface area contributed by atoms with Gasteiger partial charge in [0.25, 0.3) is 0 Å². The van der Waals surface area contributed by atoms with Crippen LogP contribution in [0.4, 0.5) is 0 Å². The van der Waals surface area contributed by atoms with Gasteiger partial charge in [0.05, 0.1) is 17.5 Å². The summed E-state index contributed by atoms with van der Waals surface area (Å²) in [6, 6.07) is 12.1. The van der Waals surface area contributed by atoms with E-state index in [4.69, 9.17) is 0 Å². The van der Waals surface area contributed by atoms with Crippen LogP contribution in [0.3, 0.4) is 0 Å². The molecule has 0 aliphatic heterocycles. The number of hydrogen-bond acceptors (Lipinski definition) is 3. The highest BCUT2D eigenvalue weighted by atomic mass is 32.2. The minimum absolute atomic E-state index is 0.174. The predicted molar refractivity (Wildman–Crippen MR) is 103 cm³/mol. The number of likely N-dealkylation sites (N-methyl/N-ethyl adjacent to an activating group) is 1. The van der Waals surface area contributed by atoms with Crippen LogP contribution in [0.1, 0.15) is 35.2 Å². The number of nitrogens with one attached hydrogen (secondary N) is 1. The third-order valence-electron chi connectivity index (χ3n) is 4.54. The molecule has 140 valence electrons. The molecule has 6 heteroatoms. The lowest BCUT2D eigenvalue weighted by molar-refractivity contribution is -0.121. The highest BCUT2D eigenvalue weighted by molar-refractivity contribution is 7.89. The van der Waals surface area contributed by atoms with Crippen LogP contribution in [0.25, 0.3) is 0 Å². The molecule has 0 fully saturated rings. The van der Waals surface area contributed by atoms with Gasteiger partial charge in [0.2, 0.25) is 15.9 Å². The van der Waals surface area contributed by atoms with Crippen LogP contribution >= 0.6 is 0 Å². The van der Waals surface area contributed by atoms with Gasteiger partial charge in [-0.05, 0) is 62.1 Å². The number of amides is 1. The van der Waals surface area contributed by atoms with Crippen molar-refractivity contribution >= 4 is 15.9 Å². The summed E-state index contributed by atoms with van der Waals surface area (Å²) in [4.78, 5) is 12.5. The molecule has 0 aliphatic rings. The molecule has 2 rings (SSSR count). The fraction of sp³-hybridized carbons (Fsp3) is 0.350. The van der Waals surface area contributed by atoms with E-state index < -0.39 is 10.0 Å². The smallest absolute Gasteiger partial charge is 0.243 e. The first kappa shape index (κ1) is 20.1. The maximum absolute atomic E-state index is 12.5. The highest BCUT2D eigenvalue weighted by Gasteiger charge is 2.23. The zero-order valence-corrected chi connectivity index (χ0v) is 16.7. The number of benzene rings is 2. The Hall–Kier alpha value is -2.18. The normalized spacial score (nSPS) is 12.8. The summed E-state index contributed by atoms with van der Waals surface area (Å²) in [5, 5.41) is 2.89. The van der Waals surface area contributed by atoms with E-state index in [0.29, 0.717) is 0 Å². The Kier molecular flexibility index (Phi) is 6.21. The average Bonchev–Trinajstić information content (AvgIpc) is 2.58. The lowest BCUT2D eigenvalue weighted by atomic mass is 9.96. The van der Waals surface area contributed by atoms with Crippen molar-refractivity contribution in [3.8, 4) is 0 Å². The van der Waals surface area contributed by atoms with Crippen molar-refractivity contribution in [2.75, 3.05) is 13.6 Å². The van der Waals surface area contributed by atoms with Crippen molar-refractivity contribution in [3.63, 3.8) is 0 Å². The third kappa shape index (κ3) is 4.51. The molecule has 2 aromatic carbocycles. The average molecular weight is 375 g/mol. The summed E-state index contributed by atoms with van der Waals surface area (Å²) in [7, 11) is -2.27. The van der Waals surface area contributed by atoms with Gasteiger partial charge in [0.15, 0.2) is 0 Å². The van der Waals surface area contributed by atoms with E-state index in [9.17, 15) is 13.2 Å². The van der Waals surface area contributed by atoms with Crippen molar-refractivity contribution < 1.29 is 13.2 Å². The number of aryl methyl sites for hydroxylation is 3. The summed E-state index contributed by atoms with van der Waals surface area (Å²) >= 11 is 0. The van der Waals surface area contributed by atoms with Crippen LogP contribution in [0, 0.1) is 20.8 Å². The molecule has 0 bridgehead atoms. The molecule has 0 heterocycles. The van der Waals surface area contributed by atoms with E-state index in [2.05, 4.69) is 24.4 Å². The largest absolute Gasteiger partial charge is 0.348 e. The van der Waals surface area contributed by atoms with Crippen LogP contribution < -0.4 is 5.32 Å². The Morgan fingerprint density at radius 1 is 1.04 bits per heavy atom. The van der Waals surface area contributed by atoms with Crippen LogP contribution in [-0.2, 0) is 14.8 Å². The topological polar surface area (TPSA) is 66.5 Å². The fourth-order valence-corrected chi connectivity index (χ4v) is 4.02. The molecule has 0 saturated carbocycles. The van der Waals surface area contributed by atoms with E-state index >= 15 is 0 Å². The highest BCUT2D eigenvalue weighted by Crippen LogP contribution is 2.21. The fourth-order valence-electron chi connectivity index (χ4n) is 2.87. The number of sulfonamides is 1. The molecule has 1 N–H and O–H groups in total. The second-order valence-corrected chi connectivity index (χ2v) is 8.70. The molecule has 0 aromatic heterocycles. The molecular formula is C20H26N2O3S. The summed E-state index contributed by atoms with van der Waals surface area (Å²) < 4.78 is 26.1. The quantitative estimate of drug-likeness (QED) is 0.845. The number of carbonyl (C=O) groups excluding carboxylic acids is 1. The first-order chi connectivity index (χ1) is 12.1. The Morgan fingerprint density at radius 3 is 2.23 bits per heavy atom. The zero-order chi connectivity index (χ0) is 19.5. The van der Waals surface area contributed by atoms with Crippen molar-refractivity contribution in [2.24, 2.45) is 0 Å². The Labute approximate surface area is 156 Å². The van der Waals surface area contributed by atoms with Gasteiger partial charge in [-0.1, -0.05) is 30.3 Å². The summed E-state index contributed by atoms with van der Waals surface area (Å²) in [6.45, 7) is 7.77. The molecule has 1 amide bonds. The summed E-state index contributed by atoms with van der Waals surface area (Å²) in [5.41, 5.74) is 4.51. The third-order valence-corrected chi connectivity index (χ3v) is 6.36. The van der Waals surface area contributed by atoms with Gasteiger partial charge >= 0.3 is 0 Å². The van der Waals surface area contributed by atoms with E-state index in [1.54, 1.807) is 18.2 Å². The van der Waals surface area contributed by atoms with Crippen LogP contribution in [0.2, 0.25) is 0 Å². The first-order valence-electron chi connectivity index (χ1n) is 8.51. The molecule has 0 unspecified atom stereocenters. The predicted octanol–water partition coefficient (Wildman–Crippen LogP) is 3.11. The van der Waals surface area contributed by atoms with Gasteiger partial charge in [-0.3, -0.25) is 4.79 Å². The molecule has 0 radical (unpaired) electrons. The molecular weight excluding hydrogens is 348 g/mol. The number of carbonyl (C=O) groups is 1. The van der Waals surface area contributed by atoms with Crippen LogP contribution in [0.5, 0.6) is 0 Å². The minimum Gasteiger partial charge on any atom is -0.348 e. The van der Waals surface area contributed by atoms with Crippen molar-refractivity contribution in [1.29, 1.82) is 0 Å². The standard InChI is InChI=1S/C20H26N2O3S/c1-14-11-16(3)19(12-15(14)2)17(4)21-20(23)13-22(5)26(24,25)18-9-7-6-8-10-18/h6-12,17H,13H2,1-5H3,(H,21,23)/t17-/m0/s1. The minimum atomic E-state index is -3.68. The van der Waals surface area contributed by atoms with Gasteiger partial charge < -0.3 is 5.32 Å². The first-order valence-corrected chi connectivity index (χ1v) is 9.95. The van der Waals surface area contributed by atoms with E-state index in [0.717, 1.165) is 21.0 Å². The number of nitrogens with zero attached hydrogens (tertiary/aromatic N) is 1. The zero-order valence-electron chi connectivity index (χ0n) is 15.9. The summed E-state index contributed by atoms with van der Waals surface area (Å²) in [6.07, 6.45) is 0. The SMILES string of the molecule is Cc1cc(C)c([C@H](C)NC(=O)CN(C)S(=O)(=O)c2ccccc2)cc1C. The van der Waals surface area contributed by atoms with Crippen molar-refractivity contribution in [2.45, 2.75) is 38.6 Å². The van der Waals surface area contributed by atoms with Crippen LogP contribution in [-0.4, -0.2) is 32.2 Å². The summed E-state index contributed by atoms with van der Waals surface area (Å²) in [5.74, 6) is -0.336. The van der Waals surface area contributed by atoms with E-state index in [1.165, 1.54) is 24.7 Å². The Bertz CT molecular complexity index is 893. The molecule has 1 atom stereocenters.